The van der Waals surface area contributed by atoms with Crippen LogP contribution in [0.3, 0.4) is 0 Å². The lowest BCUT2D eigenvalue weighted by Crippen LogP contribution is -1.92. The molecule has 0 saturated carbocycles. The van der Waals surface area contributed by atoms with Crippen LogP contribution in [0.15, 0.2) is 22.4 Å². The third kappa shape index (κ3) is 1.40. The van der Waals surface area contributed by atoms with Crippen molar-refractivity contribution in [3.8, 4) is 0 Å². The van der Waals surface area contributed by atoms with E-state index in [1.54, 1.807) is 29.2 Å². The molecule has 14 heavy (non-hydrogen) atoms. The zero-order valence-electron chi connectivity index (χ0n) is 7.61. The Morgan fingerprint density at radius 3 is 2.93 bits per heavy atom. The Labute approximate surface area is 90.1 Å². The molecule has 0 spiro atoms. The number of nitrogen functional groups attached to an aromatic ring is 1. The number of fused-ring (bicyclic) bond motifs is 1. The van der Waals surface area contributed by atoms with Crippen LogP contribution in [0.5, 0.6) is 0 Å². The van der Waals surface area contributed by atoms with Crippen molar-refractivity contribution < 1.29 is 4.79 Å². The summed E-state index contributed by atoms with van der Waals surface area (Å²) in [5, 5.41) is 0.990. The van der Waals surface area contributed by atoms with Gasteiger partial charge in [0, 0.05) is 15.6 Å². The van der Waals surface area contributed by atoms with Gasteiger partial charge < -0.3 is 5.73 Å². The number of hydrogen-bond donors (Lipinski definition) is 1. The quantitative estimate of drug-likeness (QED) is 0.483. The lowest BCUT2D eigenvalue weighted by Gasteiger charge is -1.98. The van der Waals surface area contributed by atoms with Gasteiger partial charge in [-0.2, -0.15) is 0 Å². The maximum absolute atomic E-state index is 10.7. The number of anilines is 1. The number of thioether (sulfide) groups is 1. The predicted octanol–water partition coefficient (Wildman–Crippen LogP) is 3.02. The summed E-state index contributed by atoms with van der Waals surface area (Å²) in [7, 11) is 0. The zero-order chi connectivity index (χ0) is 10.1. The molecule has 72 valence electrons. The van der Waals surface area contributed by atoms with Gasteiger partial charge in [-0.25, -0.2) is 0 Å². The first kappa shape index (κ1) is 9.55. The number of hydrogen-bond acceptors (Lipinski definition) is 4. The molecule has 0 atom stereocenters. The second kappa shape index (κ2) is 3.63. The van der Waals surface area contributed by atoms with E-state index >= 15 is 0 Å². The molecule has 2 N–H and O–H groups in total. The van der Waals surface area contributed by atoms with Crippen LogP contribution in [0, 0.1) is 0 Å². The van der Waals surface area contributed by atoms with Gasteiger partial charge in [0.1, 0.15) is 0 Å². The molecule has 2 nitrogen and oxygen atoms in total. The van der Waals surface area contributed by atoms with Crippen LogP contribution in [0.4, 0.5) is 5.69 Å². The first-order valence-electron chi connectivity index (χ1n) is 4.07. The summed E-state index contributed by atoms with van der Waals surface area (Å²) < 4.78 is 2.35. The topological polar surface area (TPSA) is 43.1 Å². The predicted molar refractivity (Wildman–Crippen MR) is 63.4 cm³/mol. The lowest BCUT2D eigenvalue weighted by atomic mass is 10.1. The summed E-state index contributed by atoms with van der Waals surface area (Å²) in [5.74, 6) is 0. The second-order valence-electron chi connectivity index (χ2n) is 2.87. The van der Waals surface area contributed by atoms with Gasteiger partial charge in [0.15, 0.2) is 6.29 Å². The van der Waals surface area contributed by atoms with Crippen molar-refractivity contribution in [2.45, 2.75) is 4.21 Å². The minimum Gasteiger partial charge on any atom is -0.398 e. The van der Waals surface area contributed by atoms with E-state index in [0.29, 0.717) is 11.3 Å². The zero-order valence-corrected chi connectivity index (χ0v) is 9.24. The fourth-order valence-corrected chi connectivity index (χ4v) is 2.98. The van der Waals surface area contributed by atoms with Crippen LogP contribution in [-0.4, -0.2) is 12.5 Å². The van der Waals surface area contributed by atoms with E-state index < -0.39 is 0 Å². The molecular weight excluding hydrogens is 214 g/mol. The fourth-order valence-electron chi connectivity index (χ4n) is 1.33. The average molecular weight is 223 g/mol. The monoisotopic (exact) mass is 223 g/mol. The Kier molecular flexibility index (Phi) is 2.48. The molecule has 1 aromatic heterocycles. The molecule has 0 aliphatic carbocycles. The van der Waals surface area contributed by atoms with Crippen molar-refractivity contribution in [3.63, 3.8) is 0 Å². The minimum absolute atomic E-state index is 0.572. The van der Waals surface area contributed by atoms with Crippen molar-refractivity contribution in [1.82, 2.24) is 0 Å². The van der Waals surface area contributed by atoms with Crippen molar-refractivity contribution >= 4 is 45.2 Å². The van der Waals surface area contributed by atoms with E-state index in [9.17, 15) is 4.79 Å². The first-order chi connectivity index (χ1) is 6.76. The molecule has 0 unspecified atom stereocenters. The van der Waals surface area contributed by atoms with E-state index in [0.717, 1.165) is 16.4 Å². The van der Waals surface area contributed by atoms with E-state index in [2.05, 4.69) is 0 Å². The van der Waals surface area contributed by atoms with Crippen molar-refractivity contribution in [2.75, 3.05) is 12.0 Å². The summed E-state index contributed by atoms with van der Waals surface area (Å²) in [6.45, 7) is 0. The van der Waals surface area contributed by atoms with E-state index in [1.165, 1.54) is 4.21 Å². The maximum Gasteiger partial charge on any atom is 0.152 e. The third-order valence-electron chi connectivity index (χ3n) is 2.08. The molecule has 1 heterocycles. The van der Waals surface area contributed by atoms with E-state index in [4.69, 9.17) is 5.73 Å². The Bertz CT molecular complexity index is 490. The van der Waals surface area contributed by atoms with Gasteiger partial charge in [0.2, 0.25) is 0 Å². The highest BCUT2D eigenvalue weighted by molar-refractivity contribution is 8.00. The Morgan fingerprint density at radius 1 is 1.50 bits per heavy atom. The van der Waals surface area contributed by atoms with Crippen molar-refractivity contribution in [2.24, 2.45) is 0 Å². The van der Waals surface area contributed by atoms with Gasteiger partial charge in [-0.1, -0.05) is 0 Å². The molecule has 2 aromatic rings. The number of benzene rings is 1. The van der Waals surface area contributed by atoms with Crippen LogP contribution in [-0.2, 0) is 0 Å². The SMILES string of the molecule is CSc1cc2c(N)c(C=O)ccc2s1. The highest BCUT2D eigenvalue weighted by Gasteiger charge is 2.07. The van der Waals surface area contributed by atoms with Crippen LogP contribution < -0.4 is 5.73 Å². The molecule has 0 saturated heterocycles. The highest BCUT2D eigenvalue weighted by Crippen LogP contribution is 2.35. The number of carbonyl (C=O) groups excluding carboxylic acids is 1. The summed E-state index contributed by atoms with van der Waals surface area (Å²) in [6, 6.07) is 5.75. The van der Waals surface area contributed by atoms with Gasteiger partial charge >= 0.3 is 0 Å². The van der Waals surface area contributed by atoms with Gasteiger partial charge in [-0.3, -0.25) is 4.79 Å². The molecule has 1 aromatic carbocycles. The van der Waals surface area contributed by atoms with Gasteiger partial charge in [-0.05, 0) is 24.5 Å². The standard InChI is InChI=1S/C10H9NOS2/c1-13-9-4-7-8(14-9)3-2-6(5-12)10(7)11/h2-5H,11H2,1H3. The molecule has 0 bridgehead atoms. The van der Waals surface area contributed by atoms with Crippen LogP contribution in [0.2, 0.25) is 0 Å². The van der Waals surface area contributed by atoms with Crippen LogP contribution >= 0.6 is 23.1 Å². The smallest absolute Gasteiger partial charge is 0.152 e. The number of nitrogens with two attached hydrogens (primary N) is 1. The van der Waals surface area contributed by atoms with E-state index in [1.807, 2.05) is 18.4 Å². The van der Waals surface area contributed by atoms with Gasteiger partial charge in [-0.15, -0.1) is 23.1 Å². The summed E-state index contributed by atoms with van der Waals surface area (Å²) >= 11 is 3.39. The highest BCUT2D eigenvalue weighted by atomic mass is 32.2. The number of aldehydes is 1. The molecule has 0 amide bonds. The Balaban J connectivity index is 2.74. The van der Waals surface area contributed by atoms with E-state index in [-0.39, 0.29) is 0 Å². The summed E-state index contributed by atoms with van der Waals surface area (Å²) in [6.07, 6.45) is 2.83. The second-order valence-corrected chi connectivity index (χ2v) is 5.06. The van der Waals surface area contributed by atoms with Crippen molar-refractivity contribution in [1.29, 1.82) is 0 Å². The van der Waals surface area contributed by atoms with Crippen LogP contribution in [0.1, 0.15) is 10.4 Å². The Hall–Kier alpha value is -1.00. The number of carbonyl (C=O) groups is 1. The first-order valence-corrected chi connectivity index (χ1v) is 6.11. The lowest BCUT2D eigenvalue weighted by molar-refractivity contribution is 0.112. The van der Waals surface area contributed by atoms with Gasteiger partial charge in [0.25, 0.3) is 0 Å². The molecule has 4 heteroatoms. The molecular formula is C10H9NOS2. The minimum atomic E-state index is 0.572. The molecule has 0 radical (unpaired) electrons. The summed E-state index contributed by atoms with van der Waals surface area (Å²) in [5.41, 5.74) is 7.03. The molecule has 0 fully saturated rings. The maximum atomic E-state index is 10.7. The van der Waals surface area contributed by atoms with Crippen LogP contribution in [0.25, 0.3) is 10.1 Å². The molecule has 0 aliphatic rings. The van der Waals surface area contributed by atoms with Gasteiger partial charge in [0.05, 0.1) is 9.90 Å². The van der Waals surface area contributed by atoms with Crippen molar-refractivity contribution in [3.05, 3.63) is 23.8 Å². The Morgan fingerprint density at radius 2 is 2.29 bits per heavy atom. The average Bonchev–Trinajstić information content (AvgIpc) is 2.62. The number of rotatable bonds is 2. The summed E-state index contributed by atoms with van der Waals surface area (Å²) in [4.78, 5) is 10.7. The molecule has 2 rings (SSSR count). The normalized spacial score (nSPS) is 10.6. The third-order valence-corrected chi connectivity index (χ3v) is 4.25. The fraction of sp³-hybridized carbons (Fsp3) is 0.100. The largest absolute Gasteiger partial charge is 0.398 e. The molecule has 0 aliphatic heterocycles. The number of thiophene rings is 1.